The summed E-state index contributed by atoms with van der Waals surface area (Å²) in [6.07, 6.45) is 0. The lowest BCUT2D eigenvalue weighted by molar-refractivity contribution is 0.464. The van der Waals surface area contributed by atoms with Gasteiger partial charge in [-0.1, -0.05) is 60.1 Å². The molecule has 23 heavy (non-hydrogen) atoms. The minimum Gasteiger partial charge on any atom is -0.508 e. The smallest absolute Gasteiger partial charge is 0.120 e. The number of aromatic hydroxyl groups is 1. The Balaban J connectivity index is 1.70. The van der Waals surface area contributed by atoms with Crippen molar-refractivity contribution in [3.05, 3.63) is 88.9 Å². The summed E-state index contributed by atoms with van der Waals surface area (Å²) in [7, 11) is 0. The molecule has 0 atom stereocenters. The van der Waals surface area contributed by atoms with Crippen molar-refractivity contribution in [1.82, 2.24) is 5.32 Å². The summed E-state index contributed by atoms with van der Waals surface area (Å²) < 4.78 is 0. The number of nitrogens with one attached hydrogen (secondary N) is 1. The normalized spacial score (nSPS) is 10.7. The van der Waals surface area contributed by atoms with Crippen LogP contribution in [0, 0.1) is 0 Å². The number of hydrogen-bond acceptors (Lipinski definition) is 2. The zero-order valence-corrected chi connectivity index (χ0v) is 13.4. The third kappa shape index (κ3) is 4.13. The number of phenols is 1. The van der Waals surface area contributed by atoms with E-state index in [1.807, 2.05) is 54.6 Å². The minimum absolute atomic E-state index is 0.309. The first-order valence-corrected chi connectivity index (χ1v) is 7.92. The monoisotopic (exact) mass is 323 g/mol. The Bertz CT molecular complexity index is 787. The van der Waals surface area contributed by atoms with Crippen LogP contribution in [0.5, 0.6) is 5.75 Å². The average Bonchev–Trinajstić information content (AvgIpc) is 2.57. The molecule has 116 valence electrons. The summed E-state index contributed by atoms with van der Waals surface area (Å²) in [5.41, 5.74) is 4.25. The van der Waals surface area contributed by atoms with Crippen LogP contribution in [-0.2, 0) is 13.1 Å². The van der Waals surface area contributed by atoms with Crippen molar-refractivity contribution in [2.24, 2.45) is 0 Å². The molecule has 0 amide bonds. The van der Waals surface area contributed by atoms with Gasteiger partial charge in [0.15, 0.2) is 0 Å². The van der Waals surface area contributed by atoms with Gasteiger partial charge >= 0.3 is 0 Å². The first-order chi connectivity index (χ1) is 11.2. The van der Waals surface area contributed by atoms with Gasteiger partial charge in [0.25, 0.3) is 0 Å². The Morgan fingerprint density at radius 3 is 2.39 bits per heavy atom. The Hall–Kier alpha value is -2.29. The van der Waals surface area contributed by atoms with Gasteiger partial charge < -0.3 is 10.4 Å². The van der Waals surface area contributed by atoms with Crippen molar-refractivity contribution in [3.8, 4) is 16.9 Å². The summed E-state index contributed by atoms with van der Waals surface area (Å²) >= 11 is 5.99. The molecule has 2 nitrogen and oxygen atoms in total. The molecule has 0 aromatic heterocycles. The topological polar surface area (TPSA) is 32.3 Å². The Morgan fingerprint density at radius 1 is 0.783 bits per heavy atom. The van der Waals surface area contributed by atoms with Crippen molar-refractivity contribution in [2.45, 2.75) is 13.1 Å². The number of hydrogen-bond donors (Lipinski definition) is 2. The zero-order chi connectivity index (χ0) is 16.1. The van der Waals surface area contributed by atoms with Crippen molar-refractivity contribution >= 4 is 11.6 Å². The molecule has 3 aromatic rings. The molecule has 3 rings (SSSR count). The largest absolute Gasteiger partial charge is 0.508 e. The fourth-order valence-electron chi connectivity index (χ4n) is 2.53. The summed E-state index contributed by atoms with van der Waals surface area (Å²) in [6.45, 7) is 1.30. The lowest BCUT2D eigenvalue weighted by Crippen LogP contribution is -2.12. The van der Waals surface area contributed by atoms with Crippen LogP contribution in [0.4, 0.5) is 0 Å². The lowest BCUT2D eigenvalue weighted by Gasteiger charge is -2.10. The molecule has 0 fully saturated rings. The first kappa shape index (κ1) is 15.6. The third-order valence-corrected chi connectivity index (χ3v) is 3.96. The molecule has 3 aromatic carbocycles. The molecule has 0 radical (unpaired) electrons. The summed E-state index contributed by atoms with van der Waals surface area (Å²) in [5, 5.41) is 14.1. The SMILES string of the molecule is Oc1ccc(-c2ccccc2)cc1CNCc1cccc(Cl)c1. The predicted octanol–water partition coefficient (Wildman–Crippen LogP) is 5.00. The molecule has 0 aliphatic heterocycles. The minimum atomic E-state index is 0.309. The molecule has 0 unspecified atom stereocenters. The number of halogens is 1. The Labute approximate surface area is 141 Å². The highest BCUT2D eigenvalue weighted by atomic mass is 35.5. The Kier molecular flexibility index (Phi) is 4.96. The van der Waals surface area contributed by atoms with Crippen LogP contribution in [0.15, 0.2) is 72.8 Å². The molecule has 0 aliphatic rings. The van der Waals surface area contributed by atoms with Gasteiger partial charge in [0.2, 0.25) is 0 Å². The van der Waals surface area contributed by atoms with Crippen LogP contribution < -0.4 is 5.32 Å². The standard InChI is InChI=1S/C20H18ClNO/c21-19-8-4-5-15(11-19)13-22-14-18-12-17(9-10-20(18)23)16-6-2-1-3-7-16/h1-12,22-23H,13-14H2. The average molecular weight is 324 g/mol. The molecule has 0 aliphatic carbocycles. The predicted molar refractivity (Wildman–Crippen MR) is 95.5 cm³/mol. The van der Waals surface area contributed by atoms with Gasteiger partial charge in [0, 0.05) is 23.7 Å². The molecule has 3 heteroatoms. The van der Waals surface area contributed by atoms with Crippen LogP contribution in [0.25, 0.3) is 11.1 Å². The fraction of sp³-hybridized carbons (Fsp3) is 0.100. The highest BCUT2D eigenvalue weighted by molar-refractivity contribution is 6.30. The van der Waals surface area contributed by atoms with Crippen LogP contribution >= 0.6 is 11.6 Å². The van der Waals surface area contributed by atoms with E-state index in [-0.39, 0.29) is 0 Å². The van der Waals surface area contributed by atoms with Gasteiger partial charge in [0.1, 0.15) is 5.75 Å². The van der Waals surface area contributed by atoms with Gasteiger partial charge in [-0.2, -0.15) is 0 Å². The van der Waals surface area contributed by atoms with E-state index in [1.54, 1.807) is 6.07 Å². The van der Waals surface area contributed by atoms with Crippen molar-refractivity contribution < 1.29 is 5.11 Å². The highest BCUT2D eigenvalue weighted by Gasteiger charge is 2.04. The molecular formula is C20H18ClNO. The van der Waals surface area contributed by atoms with Crippen LogP contribution in [0.3, 0.4) is 0 Å². The molecular weight excluding hydrogens is 306 g/mol. The van der Waals surface area contributed by atoms with E-state index in [0.29, 0.717) is 18.8 Å². The second-order valence-electron chi connectivity index (χ2n) is 5.44. The summed E-state index contributed by atoms with van der Waals surface area (Å²) in [6, 6.07) is 23.6. The van der Waals surface area contributed by atoms with E-state index in [0.717, 1.165) is 27.3 Å². The maximum Gasteiger partial charge on any atom is 0.120 e. The highest BCUT2D eigenvalue weighted by Crippen LogP contribution is 2.25. The van der Waals surface area contributed by atoms with Gasteiger partial charge in [-0.15, -0.1) is 0 Å². The zero-order valence-electron chi connectivity index (χ0n) is 12.7. The quantitative estimate of drug-likeness (QED) is 0.692. The molecule has 0 heterocycles. The van der Waals surface area contributed by atoms with E-state index in [2.05, 4.69) is 17.4 Å². The van der Waals surface area contributed by atoms with Gasteiger partial charge in [0.05, 0.1) is 0 Å². The summed E-state index contributed by atoms with van der Waals surface area (Å²) in [4.78, 5) is 0. The Morgan fingerprint density at radius 2 is 1.61 bits per heavy atom. The molecule has 0 saturated heterocycles. The van der Waals surface area contributed by atoms with E-state index in [9.17, 15) is 5.11 Å². The van der Waals surface area contributed by atoms with Gasteiger partial charge in [-0.25, -0.2) is 0 Å². The maximum absolute atomic E-state index is 10.1. The fourth-order valence-corrected chi connectivity index (χ4v) is 2.74. The third-order valence-electron chi connectivity index (χ3n) is 3.72. The van der Waals surface area contributed by atoms with E-state index < -0.39 is 0 Å². The second kappa shape index (κ2) is 7.32. The number of benzene rings is 3. The van der Waals surface area contributed by atoms with Crippen LogP contribution in [0.2, 0.25) is 5.02 Å². The molecule has 0 spiro atoms. The van der Waals surface area contributed by atoms with E-state index in [1.165, 1.54) is 0 Å². The maximum atomic E-state index is 10.1. The molecule has 0 saturated carbocycles. The second-order valence-corrected chi connectivity index (χ2v) is 5.88. The molecule has 0 bridgehead atoms. The first-order valence-electron chi connectivity index (χ1n) is 7.55. The van der Waals surface area contributed by atoms with Gasteiger partial charge in [-0.05, 0) is 41.0 Å². The van der Waals surface area contributed by atoms with Crippen molar-refractivity contribution in [1.29, 1.82) is 0 Å². The summed E-state index contributed by atoms with van der Waals surface area (Å²) in [5.74, 6) is 0.309. The van der Waals surface area contributed by atoms with Gasteiger partial charge in [-0.3, -0.25) is 0 Å². The number of rotatable bonds is 5. The molecule has 2 N–H and O–H groups in total. The van der Waals surface area contributed by atoms with Crippen LogP contribution in [-0.4, -0.2) is 5.11 Å². The van der Waals surface area contributed by atoms with E-state index >= 15 is 0 Å². The van der Waals surface area contributed by atoms with Crippen molar-refractivity contribution in [2.75, 3.05) is 0 Å². The van der Waals surface area contributed by atoms with Crippen LogP contribution in [0.1, 0.15) is 11.1 Å². The lowest BCUT2D eigenvalue weighted by atomic mass is 10.0. The van der Waals surface area contributed by atoms with E-state index in [4.69, 9.17) is 11.6 Å². The van der Waals surface area contributed by atoms with Crippen molar-refractivity contribution in [3.63, 3.8) is 0 Å². The number of phenolic OH excluding ortho intramolecular Hbond substituents is 1.